The van der Waals surface area contributed by atoms with Crippen molar-refractivity contribution in [3.8, 4) is 0 Å². The Morgan fingerprint density at radius 3 is 1.73 bits per heavy atom. The molecule has 1 aliphatic rings. The number of nitrogens with zero attached hydrogens (tertiary/aromatic N) is 1. The van der Waals surface area contributed by atoms with Gasteiger partial charge in [0.05, 0.1) is 0 Å². The summed E-state index contributed by atoms with van der Waals surface area (Å²) in [6.07, 6.45) is 0. The molecule has 0 bridgehead atoms. The van der Waals surface area contributed by atoms with Gasteiger partial charge in [0.2, 0.25) is 0 Å². The first-order valence-corrected chi connectivity index (χ1v) is 10.8. The van der Waals surface area contributed by atoms with Crippen LogP contribution in [-0.4, -0.2) is 18.0 Å². The largest absolute Gasteiger partial charge is 0.440 e. The molecule has 0 aliphatic carbocycles. The summed E-state index contributed by atoms with van der Waals surface area (Å²) in [5, 5.41) is 0. The number of hydrogen-bond acceptors (Lipinski definition) is 2. The summed E-state index contributed by atoms with van der Waals surface area (Å²) >= 11 is 0. The summed E-state index contributed by atoms with van der Waals surface area (Å²) in [5.74, 6) is 2.06. The molecule has 2 nitrogen and oxygen atoms in total. The molecule has 3 aromatic rings. The van der Waals surface area contributed by atoms with Crippen molar-refractivity contribution in [3.05, 3.63) is 119 Å². The molecule has 4 rings (SSSR count). The van der Waals surface area contributed by atoms with E-state index in [1.165, 1.54) is 22.3 Å². The Hall–Kier alpha value is -3.26. The second-order valence-corrected chi connectivity index (χ2v) is 7.58. The highest BCUT2D eigenvalue weighted by Gasteiger charge is 2.34. The van der Waals surface area contributed by atoms with Gasteiger partial charge in [0.25, 0.3) is 0 Å². The summed E-state index contributed by atoms with van der Waals surface area (Å²) in [7, 11) is 0. The van der Waals surface area contributed by atoms with Crippen molar-refractivity contribution in [2.24, 2.45) is 0 Å². The lowest BCUT2D eigenvalue weighted by Crippen LogP contribution is -2.29. The summed E-state index contributed by atoms with van der Waals surface area (Å²) in [6, 6.07) is 31.9. The number of ether oxygens (including phenoxy) is 1. The smallest absolute Gasteiger partial charge is 0.195 e. The first-order valence-electron chi connectivity index (χ1n) is 10.8. The predicted molar refractivity (Wildman–Crippen MR) is 126 cm³/mol. The van der Waals surface area contributed by atoms with E-state index < -0.39 is 0 Å². The quantitative estimate of drug-likeness (QED) is 0.448. The Morgan fingerprint density at radius 1 is 0.700 bits per heavy atom. The number of allylic oxidation sites excluding steroid dienone is 2. The number of rotatable bonds is 6. The molecule has 1 atom stereocenters. The van der Waals surface area contributed by atoms with Gasteiger partial charge in [-0.25, -0.2) is 0 Å². The van der Waals surface area contributed by atoms with Gasteiger partial charge in [-0.2, -0.15) is 0 Å². The summed E-state index contributed by atoms with van der Waals surface area (Å²) in [6.45, 7) is 8.41. The third-order valence-electron chi connectivity index (χ3n) is 5.81. The normalized spacial score (nSPS) is 16.4. The maximum Gasteiger partial charge on any atom is 0.195 e. The Balaban J connectivity index is 2.01. The maximum atomic E-state index is 6.73. The lowest BCUT2D eigenvalue weighted by atomic mass is 9.79. The van der Waals surface area contributed by atoms with Crippen LogP contribution in [0, 0.1) is 0 Å². The molecule has 0 saturated heterocycles. The zero-order valence-corrected chi connectivity index (χ0v) is 18.0. The van der Waals surface area contributed by atoms with E-state index in [4.69, 9.17) is 4.74 Å². The van der Waals surface area contributed by atoms with Crippen molar-refractivity contribution in [3.63, 3.8) is 0 Å². The topological polar surface area (TPSA) is 12.5 Å². The van der Waals surface area contributed by atoms with Crippen LogP contribution in [0.25, 0.3) is 11.3 Å². The molecule has 152 valence electrons. The second-order valence-electron chi connectivity index (χ2n) is 7.58. The van der Waals surface area contributed by atoms with E-state index in [1.807, 2.05) is 0 Å². The van der Waals surface area contributed by atoms with Crippen LogP contribution in [0.3, 0.4) is 0 Å². The van der Waals surface area contributed by atoms with Crippen molar-refractivity contribution in [2.75, 3.05) is 13.1 Å². The fraction of sp³-hybridized carbons (Fsp3) is 0.214. The molecular formula is C28H29NO. The molecule has 0 amide bonds. The molecule has 1 heterocycles. The van der Waals surface area contributed by atoms with Crippen LogP contribution in [0.2, 0.25) is 0 Å². The van der Waals surface area contributed by atoms with Crippen molar-refractivity contribution >= 4 is 11.3 Å². The molecule has 1 aliphatic heterocycles. The Labute approximate surface area is 180 Å². The van der Waals surface area contributed by atoms with Crippen LogP contribution in [0.4, 0.5) is 0 Å². The molecule has 30 heavy (non-hydrogen) atoms. The van der Waals surface area contributed by atoms with Crippen LogP contribution in [0.5, 0.6) is 0 Å². The lowest BCUT2D eigenvalue weighted by molar-refractivity contribution is 0.198. The molecule has 0 radical (unpaired) electrons. The van der Waals surface area contributed by atoms with E-state index in [-0.39, 0.29) is 5.92 Å². The predicted octanol–water partition coefficient (Wildman–Crippen LogP) is 6.94. The molecule has 0 fully saturated rings. The maximum absolute atomic E-state index is 6.73. The zero-order chi connectivity index (χ0) is 20.9. The van der Waals surface area contributed by atoms with E-state index in [1.54, 1.807) is 0 Å². The average Bonchev–Trinajstić information content (AvgIpc) is 2.82. The van der Waals surface area contributed by atoms with Gasteiger partial charge in [0, 0.05) is 30.1 Å². The first kappa shape index (κ1) is 20.0. The molecule has 0 saturated carbocycles. The minimum absolute atomic E-state index is 0.133. The molecule has 2 heteroatoms. The number of benzene rings is 3. The van der Waals surface area contributed by atoms with Crippen LogP contribution in [0.15, 0.2) is 102 Å². The Morgan fingerprint density at radius 2 is 1.20 bits per heavy atom. The average molecular weight is 396 g/mol. The van der Waals surface area contributed by atoms with Crippen molar-refractivity contribution < 1.29 is 4.74 Å². The minimum Gasteiger partial charge on any atom is -0.440 e. The molecule has 3 aromatic carbocycles. The second kappa shape index (κ2) is 9.04. The highest BCUT2D eigenvalue weighted by Crippen LogP contribution is 2.48. The SMILES string of the molecule is CCN(CC)C1=C(C)C(c2ccccc2)C(c2ccccc2)=C(c2ccccc2)O1. The summed E-state index contributed by atoms with van der Waals surface area (Å²) < 4.78 is 6.73. The molecule has 0 N–H and O–H groups in total. The number of hydrogen-bond donors (Lipinski definition) is 0. The highest BCUT2D eigenvalue weighted by atomic mass is 16.5. The van der Waals surface area contributed by atoms with Crippen molar-refractivity contribution in [2.45, 2.75) is 26.7 Å². The third kappa shape index (κ3) is 3.78. The van der Waals surface area contributed by atoms with E-state index >= 15 is 0 Å². The molecule has 0 spiro atoms. The van der Waals surface area contributed by atoms with Gasteiger partial charge in [-0.05, 0) is 37.5 Å². The van der Waals surface area contributed by atoms with E-state index in [0.717, 1.165) is 30.3 Å². The monoisotopic (exact) mass is 395 g/mol. The fourth-order valence-electron chi connectivity index (χ4n) is 4.31. The zero-order valence-electron chi connectivity index (χ0n) is 18.0. The van der Waals surface area contributed by atoms with Crippen LogP contribution in [-0.2, 0) is 4.74 Å². The minimum atomic E-state index is 0.133. The lowest BCUT2D eigenvalue weighted by Gasteiger charge is -2.36. The van der Waals surface area contributed by atoms with E-state index in [9.17, 15) is 0 Å². The molecule has 0 aromatic heterocycles. The van der Waals surface area contributed by atoms with Gasteiger partial charge in [0.15, 0.2) is 5.88 Å². The van der Waals surface area contributed by atoms with Crippen LogP contribution < -0.4 is 0 Å². The first-order chi connectivity index (χ1) is 14.7. The van der Waals surface area contributed by atoms with Gasteiger partial charge in [-0.1, -0.05) is 91.0 Å². The summed E-state index contributed by atoms with van der Waals surface area (Å²) in [5.41, 5.74) is 6.07. The molecule has 1 unspecified atom stereocenters. The van der Waals surface area contributed by atoms with E-state index in [0.29, 0.717) is 0 Å². The third-order valence-corrected chi connectivity index (χ3v) is 5.81. The van der Waals surface area contributed by atoms with Crippen LogP contribution in [0.1, 0.15) is 43.4 Å². The Kier molecular flexibility index (Phi) is 6.04. The fourth-order valence-corrected chi connectivity index (χ4v) is 4.31. The van der Waals surface area contributed by atoms with E-state index in [2.05, 4.69) is 117 Å². The summed E-state index contributed by atoms with van der Waals surface area (Å²) in [4.78, 5) is 2.32. The van der Waals surface area contributed by atoms with Gasteiger partial charge < -0.3 is 9.64 Å². The standard InChI is InChI=1S/C28H29NO/c1-4-29(5-2)28-21(3)25(22-15-9-6-10-16-22)26(23-17-11-7-12-18-23)27(30-28)24-19-13-8-14-20-24/h6-20,25H,4-5H2,1-3H3. The van der Waals surface area contributed by atoms with Gasteiger partial charge in [-0.15, -0.1) is 0 Å². The van der Waals surface area contributed by atoms with Crippen molar-refractivity contribution in [1.29, 1.82) is 0 Å². The molecular weight excluding hydrogens is 366 g/mol. The van der Waals surface area contributed by atoms with Gasteiger partial charge in [0.1, 0.15) is 5.76 Å². The van der Waals surface area contributed by atoms with Gasteiger partial charge >= 0.3 is 0 Å². The van der Waals surface area contributed by atoms with Crippen molar-refractivity contribution in [1.82, 2.24) is 4.90 Å². The van der Waals surface area contributed by atoms with Crippen LogP contribution >= 0.6 is 0 Å². The Bertz CT molecular complexity index is 1030. The highest BCUT2D eigenvalue weighted by molar-refractivity contribution is 5.93. The van der Waals surface area contributed by atoms with Gasteiger partial charge in [-0.3, -0.25) is 0 Å².